The maximum atomic E-state index is 12.6. The Morgan fingerprint density at radius 2 is 1.80 bits per heavy atom. The zero-order valence-electron chi connectivity index (χ0n) is 16.0. The Balaban J connectivity index is 1.55. The summed E-state index contributed by atoms with van der Waals surface area (Å²) in [6.45, 7) is 1.83. The molecule has 0 aliphatic rings. The molecule has 2 aromatic heterocycles. The maximum Gasteiger partial charge on any atom is 0.379 e. The molecule has 4 rings (SSSR count). The SMILES string of the molecule is CC(NC(=O)c1cc2ccc(OC(=O)c3ccco3)cc2oc1=O)c1ccccc1. The lowest BCUT2D eigenvalue weighted by Gasteiger charge is -2.14. The molecule has 4 aromatic rings. The highest BCUT2D eigenvalue weighted by Crippen LogP contribution is 2.22. The fraction of sp³-hybridized carbons (Fsp3) is 0.0870. The molecule has 1 atom stereocenters. The predicted molar refractivity (Wildman–Crippen MR) is 108 cm³/mol. The summed E-state index contributed by atoms with van der Waals surface area (Å²) in [7, 11) is 0. The molecule has 7 nitrogen and oxygen atoms in total. The van der Waals surface area contributed by atoms with E-state index < -0.39 is 17.5 Å². The summed E-state index contributed by atoms with van der Waals surface area (Å²) in [6.07, 6.45) is 1.36. The van der Waals surface area contributed by atoms with Gasteiger partial charge < -0.3 is 18.9 Å². The molecule has 150 valence electrons. The van der Waals surface area contributed by atoms with Gasteiger partial charge in [-0.1, -0.05) is 30.3 Å². The predicted octanol–water partition coefficient (Wildman–Crippen LogP) is 4.10. The van der Waals surface area contributed by atoms with Crippen LogP contribution in [0.1, 0.15) is 39.4 Å². The Hall–Kier alpha value is -4.13. The van der Waals surface area contributed by atoms with Crippen molar-refractivity contribution in [3.63, 3.8) is 0 Å². The normalized spacial score (nSPS) is 11.8. The van der Waals surface area contributed by atoms with Gasteiger partial charge in [-0.2, -0.15) is 0 Å². The van der Waals surface area contributed by atoms with E-state index in [0.29, 0.717) is 5.39 Å². The van der Waals surface area contributed by atoms with Crippen LogP contribution in [0.15, 0.2) is 86.6 Å². The number of esters is 1. The van der Waals surface area contributed by atoms with Crippen LogP contribution in [0.25, 0.3) is 11.0 Å². The van der Waals surface area contributed by atoms with E-state index in [2.05, 4.69) is 5.32 Å². The van der Waals surface area contributed by atoms with Crippen molar-refractivity contribution in [1.82, 2.24) is 5.32 Å². The summed E-state index contributed by atoms with van der Waals surface area (Å²) >= 11 is 0. The first-order valence-corrected chi connectivity index (χ1v) is 9.20. The lowest BCUT2D eigenvalue weighted by molar-refractivity contribution is 0.0701. The van der Waals surface area contributed by atoms with E-state index in [4.69, 9.17) is 13.6 Å². The quantitative estimate of drug-likeness (QED) is 0.306. The van der Waals surface area contributed by atoms with Gasteiger partial charge in [-0.15, -0.1) is 0 Å². The third-order valence-corrected chi connectivity index (χ3v) is 4.53. The first-order valence-electron chi connectivity index (χ1n) is 9.20. The van der Waals surface area contributed by atoms with Crippen molar-refractivity contribution in [2.75, 3.05) is 0 Å². The number of ether oxygens (including phenoxy) is 1. The van der Waals surface area contributed by atoms with Gasteiger partial charge in [0.1, 0.15) is 16.9 Å². The molecule has 2 aromatic carbocycles. The largest absolute Gasteiger partial charge is 0.457 e. The summed E-state index contributed by atoms with van der Waals surface area (Å²) in [5.41, 5.74) is 0.219. The molecule has 1 N–H and O–H groups in total. The van der Waals surface area contributed by atoms with Gasteiger partial charge in [-0.3, -0.25) is 4.79 Å². The average Bonchev–Trinajstić information content (AvgIpc) is 3.29. The second-order valence-corrected chi connectivity index (χ2v) is 6.62. The van der Waals surface area contributed by atoms with Crippen LogP contribution in [0.4, 0.5) is 0 Å². The van der Waals surface area contributed by atoms with Crippen LogP contribution in [-0.2, 0) is 0 Å². The molecule has 0 bridgehead atoms. The maximum absolute atomic E-state index is 12.6. The zero-order chi connectivity index (χ0) is 21.1. The van der Waals surface area contributed by atoms with Gasteiger partial charge in [0.05, 0.1) is 12.3 Å². The number of carbonyl (C=O) groups excluding carboxylic acids is 2. The molecule has 2 heterocycles. The van der Waals surface area contributed by atoms with Crippen LogP contribution in [0, 0.1) is 0 Å². The van der Waals surface area contributed by atoms with Gasteiger partial charge in [0.25, 0.3) is 5.91 Å². The number of rotatable bonds is 5. The molecule has 1 unspecified atom stereocenters. The van der Waals surface area contributed by atoms with Gasteiger partial charge in [-0.05, 0) is 42.8 Å². The standard InChI is InChI=1S/C23H17NO6/c1-14(15-6-3-2-4-7-15)24-21(25)18-12-16-9-10-17(13-20(16)30-22(18)26)29-23(27)19-8-5-11-28-19/h2-14H,1H3,(H,24,25). The van der Waals surface area contributed by atoms with Crippen molar-refractivity contribution in [3.05, 3.63) is 100 Å². The van der Waals surface area contributed by atoms with Crippen LogP contribution in [-0.4, -0.2) is 11.9 Å². The molecule has 0 aliphatic carbocycles. The molecule has 0 fully saturated rings. The molecule has 1 amide bonds. The minimum absolute atomic E-state index is 0.0519. The summed E-state index contributed by atoms with van der Waals surface area (Å²) in [5.74, 6) is -0.971. The number of furan rings is 1. The highest BCUT2D eigenvalue weighted by atomic mass is 16.5. The Morgan fingerprint density at radius 3 is 2.53 bits per heavy atom. The average molecular weight is 403 g/mol. The number of hydrogen-bond acceptors (Lipinski definition) is 6. The molecule has 30 heavy (non-hydrogen) atoms. The van der Waals surface area contributed by atoms with E-state index in [-0.39, 0.29) is 28.7 Å². The van der Waals surface area contributed by atoms with Gasteiger partial charge in [0, 0.05) is 11.5 Å². The van der Waals surface area contributed by atoms with E-state index in [1.807, 2.05) is 37.3 Å². The molecule has 0 saturated heterocycles. The van der Waals surface area contributed by atoms with Crippen LogP contribution >= 0.6 is 0 Å². The molecular weight excluding hydrogens is 386 g/mol. The van der Waals surface area contributed by atoms with E-state index in [1.54, 1.807) is 12.1 Å². The van der Waals surface area contributed by atoms with Gasteiger partial charge >= 0.3 is 11.6 Å². The first kappa shape index (κ1) is 19.2. The van der Waals surface area contributed by atoms with Crippen molar-refractivity contribution < 1.29 is 23.2 Å². The number of carbonyl (C=O) groups is 2. The lowest BCUT2D eigenvalue weighted by Crippen LogP contribution is -2.30. The highest BCUT2D eigenvalue weighted by Gasteiger charge is 2.18. The summed E-state index contributed by atoms with van der Waals surface area (Å²) in [6, 6.07) is 18.2. The monoisotopic (exact) mass is 403 g/mol. The minimum Gasteiger partial charge on any atom is -0.457 e. The third-order valence-electron chi connectivity index (χ3n) is 4.53. The number of amides is 1. The van der Waals surface area contributed by atoms with Crippen molar-refractivity contribution in [2.24, 2.45) is 0 Å². The van der Waals surface area contributed by atoms with Crippen molar-refractivity contribution >= 4 is 22.8 Å². The third kappa shape index (κ3) is 4.00. The number of nitrogens with one attached hydrogen (secondary N) is 1. The zero-order valence-corrected chi connectivity index (χ0v) is 16.0. The van der Waals surface area contributed by atoms with Crippen LogP contribution in [0.3, 0.4) is 0 Å². The van der Waals surface area contributed by atoms with Crippen molar-refractivity contribution in [2.45, 2.75) is 13.0 Å². The van der Waals surface area contributed by atoms with Gasteiger partial charge in [0.2, 0.25) is 5.76 Å². The Kier molecular flexibility index (Phi) is 5.17. The van der Waals surface area contributed by atoms with E-state index in [9.17, 15) is 14.4 Å². The van der Waals surface area contributed by atoms with E-state index >= 15 is 0 Å². The fourth-order valence-electron chi connectivity index (χ4n) is 2.96. The summed E-state index contributed by atoms with van der Waals surface area (Å²) in [4.78, 5) is 36.9. The minimum atomic E-state index is -0.783. The molecular formula is C23H17NO6. The van der Waals surface area contributed by atoms with Crippen molar-refractivity contribution in [1.29, 1.82) is 0 Å². The number of fused-ring (bicyclic) bond motifs is 1. The Labute approximate surface area is 170 Å². The van der Waals surface area contributed by atoms with Gasteiger partial charge in [0.15, 0.2) is 0 Å². The Morgan fingerprint density at radius 1 is 1.00 bits per heavy atom. The second kappa shape index (κ2) is 8.08. The molecule has 0 spiro atoms. The summed E-state index contributed by atoms with van der Waals surface area (Å²) in [5, 5.41) is 3.31. The van der Waals surface area contributed by atoms with E-state index in [1.165, 1.54) is 30.5 Å². The van der Waals surface area contributed by atoms with E-state index in [0.717, 1.165) is 5.56 Å². The molecule has 0 radical (unpaired) electrons. The van der Waals surface area contributed by atoms with Crippen LogP contribution in [0.2, 0.25) is 0 Å². The van der Waals surface area contributed by atoms with Crippen molar-refractivity contribution in [3.8, 4) is 5.75 Å². The number of benzene rings is 2. The fourth-order valence-corrected chi connectivity index (χ4v) is 2.96. The number of hydrogen-bond donors (Lipinski definition) is 1. The molecule has 0 saturated carbocycles. The van der Waals surface area contributed by atoms with Gasteiger partial charge in [-0.25, -0.2) is 9.59 Å². The molecule has 7 heteroatoms. The summed E-state index contributed by atoms with van der Waals surface area (Å²) < 4.78 is 15.5. The Bertz CT molecular complexity index is 1260. The smallest absolute Gasteiger partial charge is 0.379 e. The molecule has 0 aliphatic heterocycles. The van der Waals surface area contributed by atoms with Crippen LogP contribution < -0.4 is 15.7 Å². The first-order chi connectivity index (χ1) is 14.5. The lowest BCUT2D eigenvalue weighted by atomic mass is 10.1. The highest BCUT2D eigenvalue weighted by molar-refractivity contribution is 5.97. The second-order valence-electron chi connectivity index (χ2n) is 6.62. The topological polar surface area (TPSA) is 98.8 Å². The van der Waals surface area contributed by atoms with Crippen LogP contribution in [0.5, 0.6) is 5.75 Å².